The number of sulfonamides is 1. The maximum atomic E-state index is 13.1. The van der Waals surface area contributed by atoms with Crippen LogP contribution in [0.5, 0.6) is 5.75 Å². The third-order valence-electron chi connectivity index (χ3n) is 5.18. The molecule has 0 saturated carbocycles. The number of piperidine rings is 1. The Bertz CT molecular complexity index is 1210. The van der Waals surface area contributed by atoms with E-state index in [1.165, 1.54) is 41.7 Å². The number of nitrogen functional groups attached to an aromatic ring is 1. The second-order valence-corrected chi connectivity index (χ2v) is 9.39. The van der Waals surface area contributed by atoms with Gasteiger partial charge < -0.3 is 20.5 Å². The van der Waals surface area contributed by atoms with E-state index in [1.807, 2.05) is 0 Å². The van der Waals surface area contributed by atoms with E-state index in [0.29, 0.717) is 13.1 Å². The number of benzene rings is 2. The molecule has 2 aromatic rings. The van der Waals surface area contributed by atoms with E-state index in [9.17, 15) is 28.1 Å². The van der Waals surface area contributed by atoms with Crippen molar-refractivity contribution in [1.82, 2.24) is 4.31 Å². The lowest BCUT2D eigenvalue weighted by molar-refractivity contribution is -0.383. The molecule has 1 heterocycles. The van der Waals surface area contributed by atoms with Gasteiger partial charge in [-0.1, -0.05) is 6.42 Å². The average Bonchev–Trinajstić information content (AvgIpc) is 2.83. The highest BCUT2D eigenvalue weighted by molar-refractivity contribution is 7.89. The Balaban J connectivity index is 1.69. The maximum Gasteiger partial charge on any atom is 0.338 e. The van der Waals surface area contributed by atoms with Gasteiger partial charge in [-0.05, 0) is 43.2 Å². The molecular formula is C21H24N4O8S. The third kappa shape index (κ3) is 5.61. The van der Waals surface area contributed by atoms with E-state index in [2.05, 4.69) is 5.32 Å². The summed E-state index contributed by atoms with van der Waals surface area (Å²) in [6.45, 7) is 0.111. The molecule has 0 atom stereocenters. The monoisotopic (exact) mass is 492 g/mol. The van der Waals surface area contributed by atoms with Crippen molar-refractivity contribution in [2.75, 3.05) is 37.9 Å². The summed E-state index contributed by atoms with van der Waals surface area (Å²) >= 11 is 0. The minimum atomic E-state index is -3.83. The molecule has 0 bridgehead atoms. The molecule has 0 unspecified atom stereocenters. The molecule has 0 spiro atoms. The van der Waals surface area contributed by atoms with Crippen LogP contribution in [0.2, 0.25) is 0 Å². The summed E-state index contributed by atoms with van der Waals surface area (Å²) in [5, 5.41) is 13.4. The topological polar surface area (TPSA) is 171 Å². The number of methoxy groups -OCH3 is 1. The first kappa shape index (κ1) is 24.9. The zero-order valence-electron chi connectivity index (χ0n) is 18.4. The number of hydrogen-bond donors (Lipinski definition) is 2. The molecule has 1 aliphatic heterocycles. The first-order valence-corrected chi connectivity index (χ1v) is 11.8. The number of carbonyl (C=O) groups excluding carboxylic acids is 2. The minimum Gasteiger partial charge on any atom is -0.495 e. The number of amides is 1. The van der Waals surface area contributed by atoms with Crippen molar-refractivity contribution in [3.05, 3.63) is 52.1 Å². The van der Waals surface area contributed by atoms with Crippen LogP contribution in [-0.4, -0.2) is 56.3 Å². The van der Waals surface area contributed by atoms with Crippen molar-refractivity contribution < 1.29 is 32.4 Å². The number of carbonyl (C=O) groups is 2. The molecule has 2 aromatic carbocycles. The number of nitrogens with one attached hydrogen (secondary N) is 1. The number of nitro benzene ring substituents is 1. The Kier molecular flexibility index (Phi) is 7.68. The Morgan fingerprint density at radius 2 is 1.85 bits per heavy atom. The molecule has 0 aliphatic carbocycles. The van der Waals surface area contributed by atoms with Crippen molar-refractivity contribution in [2.24, 2.45) is 0 Å². The van der Waals surface area contributed by atoms with Gasteiger partial charge in [-0.3, -0.25) is 14.9 Å². The molecule has 3 N–H and O–H groups in total. The predicted molar refractivity (Wildman–Crippen MR) is 122 cm³/mol. The standard InChI is InChI=1S/C21H24N4O8S/c1-32-18-8-6-15(12-19(18)34(30,31)24-9-3-2-4-10-24)23-20(26)13-33-21(27)14-5-7-16(22)17(11-14)25(28)29/h5-8,11-12H,2-4,9-10,13,22H2,1H3,(H,23,26). The van der Waals surface area contributed by atoms with E-state index in [0.717, 1.165) is 25.3 Å². The quantitative estimate of drug-likeness (QED) is 0.242. The van der Waals surface area contributed by atoms with Crippen molar-refractivity contribution in [3.8, 4) is 5.75 Å². The van der Waals surface area contributed by atoms with Gasteiger partial charge in [0.2, 0.25) is 10.0 Å². The van der Waals surface area contributed by atoms with Crippen molar-refractivity contribution in [3.63, 3.8) is 0 Å². The third-order valence-corrected chi connectivity index (χ3v) is 7.10. The summed E-state index contributed by atoms with van der Waals surface area (Å²) in [5.74, 6) is -1.55. The van der Waals surface area contributed by atoms with Gasteiger partial charge >= 0.3 is 5.97 Å². The number of nitro groups is 1. The Hall–Kier alpha value is -3.71. The lowest BCUT2D eigenvalue weighted by Crippen LogP contribution is -2.35. The minimum absolute atomic E-state index is 0.0825. The van der Waals surface area contributed by atoms with Gasteiger partial charge in [-0.15, -0.1) is 0 Å². The lowest BCUT2D eigenvalue weighted by Gasteiger charge is -2.26. The molecule has 0 radical (unpaired) electrons. The number of anilines is 2. The molecular weight excluding hydrogens is 468 g/mol. The molecule has 0 aromatic heterocycles. The molecule has 34 heavy (non-hydrogen) atoms. The molecule has 182 valence electrons. The number of rotatable bonds is 8. The van der Waals surface area contributed by atoms with Crippen molar-refractivity contribution in [1.29, 1.82) is 0 Å². The predicted octanol–water partition coefficient (Wildman–Crippen LogP) is 2.16. The number of ether oxygens (including phenoxy) is 2. The van der Waals surface area contributed by atoms with E-state index >= 15 is 0 Å². The number of nitrogens with two attached hydrogens (primary N) is 1. The summed E-state index contributed by atoms with van der Waals surface area (Å²) in [4.78, 5) is 34.6. The van der Waals surface area contributed by atoms with Gasteiger partial charge in [-0.2, -0.15) is 4.31 Å². The van der Waals surface area contributed by atoms with E-state index in [-0.39, 0.29) is 27.6 Å². The van der Waals surface area contributed by atoms with Crippen LogP contribution in [0.1, 0.15) is 29.6 Å². The normalized spacial score (nSPS) is 14.3. The molecule has 1 fully saturated rings. The van der Waals surface area contributed by atoms with Gasteiger partial charge in [0.15, 0.2) is 6.61 Å². The molecule has 1 saturated heterocycles. The van der Waals surface area contributed by atoms with Crippen LogP contribution < -0.4 is 15.8 Å². The summed E-state index contributed by atoms with van der Waals surface area (Å²) in [5.41, 5.74) is 4.94. The van der Waals surface area contributed by atoms with Gasteiger partial charge in [0, 0.05) is 24.8 Å². The van der Waals surface area contributed by atoms with Gasteiger partial charge in [-0.25, -0.2) is 13.2 Å². The van der Waals surface area contributed by atoms with Crippen LogP contribution in [0.25, 0.3) is 0 Å². The van der Waals surface area contributed by atoms with Gasteiger partial charge in [0.05, 0.1) is 17.6 Å². The SMILES string of the molecule is COc1ccc(NC(=O)COC(=O)c2ccc(N)c([N+](=O)[O-])c2)cc1S(=O)(=O)N1CCCCC1. The van der Waals surface area contributed by atoms with E-state index < -0.39 is 39.1 Å². The maximum absolute atomic E-state index is 13.1. The van der Waals surface area contributed by atoms with E-state index in [4.69, 9.17) is 15.2 Å². The fraction of sp³-hybridized carbons (Fsp3) is 0.333. The number of hydrogen-bond acceptors (Lipinski definition) is 9. The lowest BCUT2D eigenvalue weighted by atomic mass is 10.2. The highest BCUT2D eigenvalue weighted by Crippen LogP contribution is 2.31. The summed E-state index contributed by atoms with van der Waals surface area (Å²) < 4.78 is 37.7. The van der Waals surface area contributed by atoms with Crippen LogP contribution in [-0.2, 0) is 19.6 Å². The largest absolute Gasteiger partial charge is 0.495 e. The van der Waals surface area contributed by atoms with Crippen LogP contribution >= 0.6 is 0 Å². The van der Waals surface area contributed by atoms with E-state index in [1.54, 1.807) is 0 Å². The molecule has 3 rings (SSSR count). The highest BCUT2D eigenvalue weighted by Gasteiger charge is 2.29. The summed E-state index contributed by atoms with van der Waals surface area (Å²) in [6.07, 6.45) is 2.49. The van der Waals surface area contributed by atoms with Crippen LogP contribution in [0.15, 0.2) is 41.3 Å². The molecule has 13 heteroatoms. The van der Waals surface area contributed by atoms with Crippen molar-refractivity contribution >= 4 is 39.0 Å². The Labute approximate surface area is 195 Å². The zero-order valence-corrected chi connectivity index (χ0v) is 19.2. The first-order valence-electron chi connectivity index (χ1n) is 10.3. The Morgan fingerprint density at radius 1 is 1.15 bits per heavy atom. The first-order chi connectivity index (χ1) is 16.1. The average molecular weight is 493 g/mol. The van der Waals surface area contributed by atoms with Crippen LogP contribution in [0.3, 0.4) is 0 Å². The van der Waals surface area contributed by atoms with Crippen molar-refractivity contribution in [2.45, 2.75) is 24.2 Å². The second-order valence-electron chi connectivity index (χ2n) is 7.49. The fourth-order valence-electron chi connectivity index (χ4n) is 3.44. The fourth-order valence-corrected chi connectivity index (χ4v) is 5.14. The zero-order chi connectivity index (χ0) is 24.9. The molecule has 1 aliphatic rings. The number of esters is 1. The molecule has 1 amide bonds. The summed E-state index contributed by atoms with van der Waals surface area (Å²) in [7, 11) is -2.48. The smallest absolute Gasteiger partial charge is 0.338 e. The summed E-state index contributed by atoms with van der Waals surface area (Å²) in [6, 6.07) is 7.55. The molecule has 12 nitrogen and oxygen atoms in total. The Morgan fingerprint density at radius 3 is 2.50 bits per heavy atom. The van der Waals surface area contributed by atoms with Gasteiger partial charge in [0.1, 0.15) is 16.3 Å². The highest BCUT2D eigenvalue weighted by atomic mass is 32.2. The van der Waals surface area contributed by atoms with Crippen LogP contribution in [0, 0.1) is 10.1 Å². The number of nitrogens with zero attached hydrogens (tertiary/aromatic N) is 2. The van der Waals surface area contributed by atoms with Gasteiger partial charge in [0.25, 0.3) is 11.6 Å². The van der Waals surface area contributed by atoms with Crippen LogP contribution in [0.4, 0.5) is 17.1 Å². The second kappa shape index (κ2) is 10.5.